The molecule has 1 N–H and O–H groups in total. The standard InChI is InChI=1S/C26H28BrN3O4S/c1-3-24(26(32)28-2)29(18-20-10-6-4-7-11-20)25(31)19-30(22-16-14-21(27)15-17-22)35(33,34)23-12-8-5-9-13-23/h4-17,24H,3,18-19H2,1-2H3,(H,28,32)/t24-/m1/s1. The van der Waals surface area contributed by atoms with E-state index < -0.39 is 28.5 Å². The van der Waals surface area contributed by atoms with Gasteiger partial charge in [0.05, 0.1) is 10.6 Å². The van der Waals surface area contributed by atoms with E-state index in [2.05, 4.69) is 21.2 Å². The second-order valence-corrected chi connectivity index (χ2v) is 10.6. The average Bonchev–Trinajstić information content (AvgIpc) is 2.88. The summed E-state index contributed by atoms with van der Waals surface area (Å²) < 4.78 is 29.1. The maximum Gasteiger partial charge on any atom is 0.264 e. The van der Waals surface area contributed by atoms with Crippen LogP contribution in [0.4, 0.5) is 5.69 Å². The zero-order chi connectivity index (χ0) is 25.4. The van der Waals surface area contributed by atoms with E-state index in [1.54, 1.807) is 42.5 Å². The van der Waals surface area contributed by atoms with E-state index in [0.29, 0.717) is 12.1 Å². The van der Waals surface area contributed by atoms with Crippen molar-refractivity contribution < 1.29 is 18.0 Å². The highest BCUT2D eigenvalue weighted by Gasteiger charge is 2.33. The molecule has 0 aliphatic carbocycles. The van der Waals surface area contributed by atoms with Crippen molar-refractivity contribution in [2.45, 2.75) is 30.8 Å². The Hall–Kier alpha value is -3.17. The average molecular weight is 558 g/mol. The van der Waals surface area contributed by atoms with E-state index in [1.807, 2.05) is 37.3 Å². The zero-order valence-electron chi connectivity index (χ0n) is 19.6. The number of carbonyl (C=O) groups excluding carboxylic acids is 2. The molecule has 0 fully saturated rings. The van der Waals surface area contributed by atoms with Gasteiger partial charge in [0, 0.05) is 18.1 Å². The van der Waals surface area contributed by atoms with Gasteiger partial charge in [0.2, 0.25) is 11.8 Å². The normalized spacial score (nSPS) is 12.0. The highest BCUT2D eigenvalue weighted by Crippen LogP contribution is 2.26. The third-order valence-electron chi connectivity index (χ3n) is 5.55. The summed E-state index contributed by atoms with van der Waals surface area (Å²) in [6.45, 7) is 1.53. The summed E-state index contributed by atoms with van der Waals surface area (Å²) in [5.41, 5.74) is 1.18. The van der Waals surface area contributed by atoms with E-state index in [-0.39, 0.29) is 17.3 Å². The van der Waals surface area contributed by atoms with Crippen LogP contribution in [0.2, 0.25) is 0 Å². The Labute approximate surface area is 214 Å². The van der Waals surface area contributed by atoms with Crippen LogP contribution in [0.1, 0.15) is 18.9 Å². The van der Waals surface area contributed by atoms with Gasteiger partial charge in [-0.25, -0.2) is 8.42 Å². The minimum absolute atomic E-state index is 0.0728. The molecule has 0 saturated heterocycles. The molecular formula is C26H28BrN3O4S. The number of sulfonamides is 1. The molecule has 3 aromatic carbocycles. The van der Waals surface area contributed by atoms with Crippen molar-refractivity contribution in [3.8, 4) is 0 Å². The van der Waals surface area contributed by atoms with Crippen molar-refractivity contribution >= 4 is 43.5 Å². The summed E-state index contributed by atoms with van der Waals surface area (Å²) in [4.78, 5) is 27.9. The van der Waals surface area contributed by atoms with Crippen molar-refractivity contribution in [1.82, 2.24) is 10.2 Å². The lowest BCUT2D eigenvalue weighted by atomic mass is 10.1. The van der Waals surface area contributed by atoms with E-state index in [1.165, 1.54) is 24.1 Å². The molecule has 0 saturated carbocycles. The van der Waals surface area contributed by atoms with Crippen LogP contribution < -0.4 is 9.62 Å². The van der Waals surface area contributed by atoms with Gasteiger partial charge in [-0.3, -0.25) is 13.9 Å². The fourth-order valence-electron chi connectivity index (χ4n) is 3.72. The van der Waals surface area contributed by atoms with Gasteiger partial charge in [0.25, 0.3) is 10.0 Å². The first-order chi connectivity index (χ1) is 16.8. The minimum Gasteiger partial charge on any atom is -0.357 e. The van der Waals surface area contributed by atoms with Crippen LogP contribution in [-0.4, -0.2) is 44.8 Å². The Bertz CT molecular complexity index is 1240. The van der Waals surface area contributed by atoms with Crippen LogP contribution in [0.3, 0.4) is 0 Å². The highest BCUT2D eigenvalue weighted by molar-refractivity contribution is 9.10. The highest BCUT2D eigenvalue weighted by atomic mass is 79.9. The molecule has 2 amide bonds. The van der Waals surface area contributed by atoms with E-state index in [0.717, 1.165) is 14.3 Å². The Morgan fingerprint density at radius 2 is 1.49 bits per heavy atom. The lowest BCUT2D eigenvalue weighted by Crippen LogP contribution is -2.51. The fraction of sp³-hybridized carbons (Fsp3) is 0.231. The number of benzene rings is 3. The topological polar surface area (TPSA) is 86.8 Å². The third kappa shape index (κ3) is 6.49. The predicted octanol–water partition coefficient (Wildman–Crippen LogP) is 4.20. The second kappa shape index (κ2) is 12.0. The van der Waals surface area contributed by atoms with Crippen LogP contribution in [0.25, 0.3) is 0 Å². The predicted molar refractivity (Wildman–Crippen MR) is 140 cm³/mol. The number of amides is 2. The summed E-state index contributed by atoms with van der Waals surface area (Å²) in [6.07, 6.45) is 0.377. The molecule has 0 unspecified atom stereocenters. The molecule has 0 spiro atoms. The van der Waals surface area contributed by atoms with E-state index >= 15 is 0 Å². The van der Waals surface area contributed by atoms with Crippen LogP contribution in [0.5, 0.6) is 0 Å². The number of hydrogen-bond acceptors (Lipinski definition) is 4. The number of nitrogens with zero attached hydrogens (tertiary/aromatic N) is 2. The molecule has 184 valence electrons. The summed E-state index contributed by atoms with van der Waals surface area (Å²) in [7, 11) is -2.54. The van der Waals surface area contributed by atoms with Gasteiger partial charge in [0.15, 0.2) is 0 Å². The van der Waals surface area contributed by atoms with Crippen molar-refractivity contribution in [2.24, 2.45) is 0 Å². The first kappa shape index (κ1) is 26.4. The molecule has 0 aliphatic rings. The maximum atomic E-state index is 13.7. The third-order valence-corrected chi connectivity index (χ3v) is 7.87. The molecule has 35 heavy (non-hydrogen) atoms. The van der Waals surface area contributed by atoms with Gasteiger partial charge in [-0.15, -0.1) is 0 Å². The Balaban J connectivity index is 2.03. The molecule has 1 atom stereocenters. The number of halogens is 1. The van der Waals surface area contributed by atoms with Crippen molar-refractivity contribution in [3.05, 3.63) is 95.0 Å². The van der Waals surface area contributed by atoms with Crippen LogP contribution in [0.15, 0.2) is 94.3 Å². The van der Waals surface area contributed by atoms with Crippen molar-refractivity contribution in [2.75, 3.05) is 17.9 Å². The lowest BCUT2D eigenvalue weighted by Gasteiger charge is -2.33. The first-order valence-electron chi connectivity index (χ1n) is 11.2. The number of hydrogen-bond donors (Lipinski definition) is 1. The molecule has 0 bridgehead atoms. The fourth-order valence-corrected chi connectivity index (χ4v) is 5.42. The number of nitrogens with one attached hydrogen (secondary N) is 1. The lowest BCUT2D eigenvalue weighted by molar-refractivity contribution is -0.140. The number of anilines is 1. The number of rotatable bonds is 10. The van der Waals surface area contributed by atoms with E-state index in [4.69, 9.17) is 0 Å². The molecule has 3 rings (SSSR count). The molecule has 0 heterocycles. The van der Waals surface area contributed by atoms with Gasteiger partial charge in [0.1, 0.15) is 12.6 Å². The van der Waals surface area contributed by atoms with Gasteiger partial charge in [-0.2, -0.15) is 0 Å². The molecule has 0 aromatic heterocycles. The largest absolute Gasteiger partial charge is 0.357 e. The monoisotopic (exact) mass is 557 g/mol. The zero-order valence-corrected chi connectivity index (χ0v) is 22.0. The van der Waals surface area contributed by atoms with Gasteiger partial charge in [-0.05, 0) is 48.4 Å². The van der Waals surface area contributed by atoms with Gasteiger partial charge in [-0.1, -0.05) is 71.4 Å². The molecular weight excluding hydrogens is 530 g/mol. The quantitative estimate of drug-likeness (QED) is 0.404. The smallest absolute Gasteiger partial charge is 0.264 e. The minimum atomic E-state index is -4.06. The van der Waals surface area contributed by atoms with Gasteiger partial charge < -0.3 is 10.2 Å². The number of likely N-dealkylation sites (N-methyl/N-ethyl adjacent to an activating group) is 1. The summed E-state index contributed by atoms with van der Waals surface area (Å²) in [5, 5.41) is 2.61. The van der Waals surface area contributed by atoms with Gasteiger partial charge >= 0.3 is 0 Å². The Kier molecular flexibility index (Phi) is 9.06. The first-order valence-corrected chi connectivity index (χ1v) is 13.4. The molecule has 7 nitrogen and oxygen atoms in total. The Morgan fingerprint density at radius 1 is 0.914 bits per heavy atom. The molecule has 0 radical (unpaired) electrons. The molecule has 9 heteroatoms. The van der Waals surface area contributed by atoms with Crippen LogP contribution >= 0.6 is 15.9 Å². The molecule has 3 aromatic rings. The summed E-state index contributed by atoms with van der Waals surface area (Å²) in [5.74, 6) is -0.787. The summed E-state index contributed by atoms with van der Waals surface area (Å²) in [6, 6.07) is 23.2. The van der Waals surface area contributed by atoms with E-state index in [9.17, 15) is 18.0 Å². The maximum absolute atomic E-state index is 13.7. The second-order valence-electron chi connectivity index (χ2n) is 7.85. The van der Waals surface area contributed by atoms with Crippen LogP contribution in [-0.2, 0) is 26.2 Å². The van der Waals surface area contributed by atoms with Crippen LogP contribution in [0, 0.1) is 0 Å². The SMILES string of the molecule is CC[C@H](C(=O)NC)N(Cc1ccccc1)C(=O)CN(c1ccc(Br)cc1)S(=O)(=O)c1ccccc1. The van der Waals surface area contributed by atoms with Crippen molar-refractivity contribution in [3.63, 3.8) is 0 Å². The summed E-state index contributed by atoms with van der Waals surface area (Å²) >= 11 is 3.37. The van der Waals surface area contributed by atoms with Crippen molar-refractivity contribution in [1.29, 1.82) is 0 Å². The number of carbonyl (C=O) groups is 2. The Morgan fingerprint density at radius 3 is 2.03 bits per heavy atom. The molecule has 0 aliphatic heterocycles.